The smallest absolute Gasteiger partial charge is 0.325 e. The van der Waals surface area contributed by atoms with Crippen molar-refractivity contribution in [2.45, 2.75) is 5.12 Å². The second kappa shape index (κ2) is 2.37. The first-order valence-corrected chi connectivity index (χ1v) is 5.33. The summed E-state index contributed by atoms with van der Waals surface area (Å²) < 4.78 is 57.3. The summed E-state index contributed by atoms with van der Waals surface area (Å²) in [4.78, 5) is 0. The van der Waals surface area contributed by atoms with Crippen molar-refractivity contribution in [2.75, 3.05) is 6.54 Å². The highest BCUT2D eigenvalue weighted by atomic mass is 32.3. The van der Waals surface area contributed by atoms with Crippen LogP contribution in [-0.2, 0) is 28.9 Å². The van der Waals surface area contributed by atoms with E-state index in [4.69, 9.17) is 10.3 Å². The zero-order valence-corrected chi connectivity index (χ0v) is 7.13. The van der Waals surface area contributed by atoms with Gasteiger partial charge in [0.1, 0.15) is 0 Å². The van der Waals surface area contributed by atoms with E-state index >= 15 is 0 Å². The first-order chi connectivity index (χ1) is 5.22. The molecule has 0 bridgehead atoms. The Labute approximate surface area is 68.3 Å². The number of hydrogen-bond donors (Lipinski definition) is 2. The van der Waals surface area contributed by atoms with Crippen molar-refractivity contribution >= 4 is 20.5 Å². The van der Waals surface area contributed by atoms with Gasteiger partial charge in [0, 0.05) is 0 Å². The molecule has 0 unspecified atom stereocenters. The van der Waals surface area contributed by atoms with Crippen molar-refractivity contribution in [3.63, 3.8) is 0 Å². The van der Waals surface area contributed by atoms with Crippen LogP contribution in [-0.4, -0.2) is 33.1 Å². The Balaban J connectivity index is 3.02. The van der Waals surface area contributed by atoms with E-state index < -0.39 is 32.2 Å². The van der Waals surface area contributed by atoms with Crippen molar-refractivity contribution in [1.29, 1.82) is 0 Å². The molecule has 12 heavy (non-hydrogen) atoms. The van der Waals surface area contributed by atoms with Crippen LogP contribution in [0.2, 0.25) is 0 Å². The molecule has 3 N–H and O–H groups in total. The van der Waals surface area contributed by atoms with E-state index in [1.807, 2.05) is 0 Å². The third kappa shape index (κ3) is 1.32. The van der Waals surface area contributed by atoms with Gasteiger partial charge >= 0.3 is 25.6 Å². The summed E-state index contributed by atoms with van der Waals surface area (Å²) in [6.07, 6.45) is 0. The van der Waals surface area contributed by atoms with E-state index in [1.165, 1.54) is 0 Å². The largest absolute Gasteiger partial charge is 0.407 e. The Morgan fingerprint density at radius 3 is 1.92 bits per heavy atom. The molecule has 0 aromatic carbocycles. The molecule has 0 radical (unpaired) electrons. The molecule has 72 valence electrons. The van der Waals surface area contributed by atoms with E-state index in [0.29, 0.717) is 0 Å². The molecule has 0 saturated carbocycles. The van der Waals surface area contributed by atoms with Crippen LogP contribution >= 0.6 is 0 Å². The molecular formula is C2H5NO7S2. The number of hydrogen-bond acceptors (Lipinski definition) is 7. The average Bonchev–Trinajstić information content (AvgIpc) is 1.78. The van der Waals surface area contributed by atoms with Crippen LogP contribution in [0.4, 0.5) is 0 Å². The predicted octanol–water partition coefficient (Wildman–Crippen LogP) is -2.22. The lowest BCUT2D eigenvalue weighted by atomic mass is 10.6. The van der Waals surface area contributed by atoms with Crippen LogP contribution in [0.5, 0.6) is 0 Å². The molecule has 1 aliphatic rings. The second-order valence-corrected chi connectivity index (χ2v) is 4.66. The van der Waals surface area contributed by atoms with Crippen LogP contribution in [0.25, 0.3) is 0 Å². The Morgan fingerprint density at radius 1 is 1.42 bits per heavy atom. The van der Waals surface area contributed by atoms with E-state index in [2.05, 4.69) is 8.37 Å². The molecule has 8 nitrogen and oxygen atoms in total. The van der Waals surface area contributed by atoms with E-state index in [0.717, 1.165) is 0 Å². The molecule has 1 aliphatic heterocycles. The molecule has 10 heteroatoms. The zero-order chi connectivity index (χ0) is 9.62. The molecule has 0 amide bonds. The molecule has 0 atom stereocenters. The van der Waals surface area contributed by atoms with Crippen LogP contribution in [0.15, 0.2) is 0 Å². The highest BCUT2D eigenvalue weighted by Crippen LogP contribution is 2.34. The van der Waals surface area contributed by atoms with Crippen molar-refractivity contribution in [3.8, 4) is 0 Å². The standard InChI is InChI=1S/C2H5NO7S2/c3-1-2(11(4,5)6)9-12(7,8)10-2/h1,3H2,(H,4,5,6). The molecule has 0 aromatic rings. The van der Waals surface area contributed by atoms with Gasteiger partial charge in [-0.05, 0) is 0 Å². The van der Waals surface area contributed by atoms with Crippen molar-refractivity contribution in [2.24, 2.45) is 5.73 Å². The van der Waals surface area contributed by atoms with Gasteiger partial charge in [0.15, 0.2) is 0 Å². The Bertz CT molecular complexity index is 366. The lowest BCUT2D eigenvalue weighted by molar-refractivity contribution is -0.116. The quantitative estimate of drug-likeness (QED) is 0.499. The highest BCUT2D eigenvalue weighted by molar-refractivity contribution is 7.91. The first-order valence-electron chi connectivity index (χ1n) is 2.56. The number of nitrogens with two attached hydrogens (primary N) is 1. The maximum absolute atomic E-state index is 10.4. The second-order valence-electron chi connectivity index (χ2n) is 1.94. The minimum atomic E-state index is -4.80. The Morgan fingerprint density at radius 2 is 1.83 bits per heavy atom. The first kappa shape index (κ1) is 9.83. The third-order valence-corrected chi connectivity index (χ3v) is 3.38. The van der Waals surface area contributed by atoms with Crippen LogP contribution < -0.4 is 5.73 Å². The molecule has 1 rings (SSSR count). The van der Waals surface area contributed by atoms with Gasteiger partial charge in [-0.25, -0.2) is 0 Å². The summed E-state index contributed by atoms with van der Waals surface area (Å²) in [5.74, 6) is 0. The maximum Gasteiger partial charge on any atom is 0.407 e. The molecule has 1 fully saturated rings. The Kier molecular flexibility index (Phi) is 1.94. The van der Waals surface area contributed by atoms with Gasteiger partial charge in [0.25, 0.3) is 0 Å². The normalized spacial score (nSPS) is 26.2. The monoisotopic (exact) mass is 219 g/mol. The zero-order valence-electron chi connectivity index (χ0n) is 5.50. The topological polar surface area (TPSA) is 133 Å². The van der Waals surface area contributed by atoms with E-state index in [1.54, 1.807) is 0 Å². The average molecular weight is 219 g/mol. The maximum atomic E-state index is 10.4. The van der Waals surface area contributed by atoms with Gasteiger partial charge in [0.2, 0.25) is 0 Å². The van der Waals surface area contributed by atoms with Gasteiger partial charge in [-0.15, -0.1) is 0 Å². The molecule has 0 spiro atoms. The molecule has 1 saturated heterocycles. The van der Waals surface area contributed by atoms with Gasteiger partial charge in [0.05, 0.1) is 6.54 Å². The van der Waals surface area contributed by atoms with E-state index in [9.17, 15) is 16.8 Å². The fourth-order valence-electron chi connectivity index (χ4n) is 0.577. The molecule has 0 aromatic heterocycles. The SMILES string of the molecule is NCC1(S(=O)(=O)O)OS(=O)(=O)O1. The lowest BCUT2D eigenvalue weighted by Gasteiger charge is -2.34. The Hall–Kier alpha value is -0.260. The summed E-state index contributed by atoms with van der Waals surface area (Å²) in [7, 11) is -9.10. The van der Waals surface area contributed by atoms with Crippen LogP contribution in [0, 0.1) is 0 Å². The summed E-state index contributed by atoms with van der Waals surface area (Å²) in [6.45, 7) is -0.814. The predicted molar refractivity (Wildman–Crippen MR) is 34.4 cm³/mol. The van der Waals surface area contributed by atoms with Crippen LogP contribution in [0.1, 0.15) is 0 Å². The molecule has 0 aliphatic carbocycles. The summed E-state index contributed by atoms with van der Waals surface area (Å²) >= 11 is 0. The summed E-state index contributed by atoms with van der Waals surface area (Å²) in [5.41, 5.74) is 4.82. The van der Waals surface area contributed by atoms with Crippen molar-refractivity contribution < 1.29 is 29.8 Å². The van der Waals surface area contributed by atoms with Gasteiger partial charge < -0.3 is 5.73 Å². The molecule has 1 heterocycles. The van der Waals surface area contributed by atoms with Crippen molar-refractivity contribution in [1.82, 2.24) is 0 Å². The summed E-state index contributed by atoms with van der Waals surface area (Å²) in [5, 5.41) is -2.65. The lowest BCUT2D eigenvalue weighted by Crippen LogP contribution is -2.60. The van der Waals surface area contributed by atoms with Crippen LogP contribution in [0.3, 0.4) is 0 Å². The fraction of sp³-hybridized carbons (Fsp3) is 1.00. The fourth-order valence-corrected chi connectivity index (χ4v) is 2.75. The highest BCUT2D eigenvalue weighted by Gasteiger charge is 2.61. The number of rotatable bonds is 2. The minimum absolute atomic E-state index is 0.814. The van der Waals surface area contributed by atoms with Gasteiger partial charge in [-0.1, -0.05) is 0 Å². The van der Waals surface area contributed by atoms with Gasteiger partial charge in [-0.2, -0.15) is 25.2 Å². The third-order valence-electron chi connectivity index (χ3n) is 1.10. The molecular weight excluding hydrogens is 214 g/mol. The van der Waals surface area contributed by atoms with Gasteiger partial charge in [-0.3, -0.25) is 4.55 Å². The minimum Gasteiger partial charge on any atom is -0.325 e. The van der Waals surface area contributed by atoms with Crippen molar-refractivity contribution in [3.05, 3.63) is 0 Å². The summed E-state index contributed by atoms with van der Waals surface area (Å²) in [6, 6.07) is 0. The van der Waals surface area contributed by atoms with E-state index in [-0.39, 0.29) is 0 Å².